The second-order valence-electron chi connectivity index (χ2n) is 3.52. The van der Waals surface area contributed by atoms with E-state index in [-0.39, 0.29) is 0 Å². The minimum absolute atomic E-state index is 0.352. The largest absolute Gasteiger partial charge is 0.397 e. The molecule has 14 heavy (non-hydrogen) atoms. The molecule has 1 fully saturated rings. The Kier molecular flexibility index (Phi) is 2.10. The Balaban J connectivity index is 2.57. The molecule has 0 bridgehead atoms. The predicted octanol–water partition coefficient (Wildman–Crippen LogP) is 3.13. The molecule has 0 unspecified atom stereocenters. The molecular formula is C10H8Cl2N2. The van der Waals surface area contributed by atoms with Crippen molar-refractivity contribution in [2.24, 2.45) is 0 Å². The molecule has 1 saturated carbocycles. The number of nitriles is 1. The van der Waals surface area contributed by atoms with Crippen molar-refractivity contribution in [2.45, 2.75) is 18.3 Å². The van der Waals surface area contributed by atoms with Crippen LogP contribution in [0.5, 0.6) is 0 Å². The van der Waals surface area contributed by atoms with Crippen molar-refractivity contribution in [3.8, 4) is 6.07 Å². The van der Waals surface area contributed by atoms with E-state index in [9.17, 15) is 0 Å². The average Bonchev–Trinajstić information content (AvgIpc) is 2.95. The van der Waals surface area contributed by atoms with E-state index in [1.165, 1.54) is 0 Å². The molecule has 0 heterocycles. The number of nitrogens with zero attached hydrogens (tertiary/aromatic N) is 1. The van der Waals surface area contributed by atoms with E-state index in [1.807, 2.05) is 0 Å². The van der Waals surface area contributed by atoms with Gasteiger partial charge in [-0.05, 0) is 24.5 Å². The number of nitrogens with two attached hydrogens (primary N) is 1. The third kappa shape index (κ3) is 1.25. The lowest BCUT2D eigenvalue weighted by Crippen LogP contribution is -2.04. The molecule has 1 aromatic carbocycles. The van der Waals surface area contributed by atoms with Gasteiger partial charge in [0.15, 0.2) is 0 Å². The molecule has 1 aliphatic carbocycles. The summed E-state index contributed by atoms with van der Waals surface area (Å²) < 4.78 is 0. The molecule has 0 saturated heterocycles. The zero-order valence-corrected chi connectivity index (χ0v) is 8.86. The number of halogens is 2. The molecule has 1 aromatic rings. The van der Waals surface area contributed by atoms with Crippen molar-refractivity contribution >= 4 is 28.9 Å². The van der Waals surface area contributed by atoms with Crippen LogP contribution in [0.1, 0.15) is 18.4 Å². The lowest BCUT2D eigenvalue weighted by Gasteiger charge is -2.11. The molecule has 0 spiro atoms. The van der Waals surface area contributed by atoms with Gasteiger partial charge in [0.05, 0.1) is 27.2 Å². The highest BCUT2D eigenvalue weighted by Gasteiger charge is 2.46. The SMILES string of the molecule is N#CC1(c2ccc(N)c(Cl)c2Cl)CC1. The normalized spacial score (nSPS) is 17.5. The van der Waals surface area contributed by atoms with Crippen molar-refractivity contribution in [2.75, 3.05) is 5.73 Å². The maximum atomic E-state index is 9.01. The lowest BCUT2D eigenvalue weighted by atomic mass is 9.97. The molecule has 0 aromatic heterocycles. The molecule has 0 atom stereocenters. The van der Waals surface area contributed by atoms with Crippen molar-refractivity contribution in [3.05, 3.63) is 27.7 Å². The van der Waals surface area contributed by atoms with Crippen LogP contribution in [0.3, 0.4) is 0 Å². The summed E-state index contributed by atoms with van der Waals surface area (Å²) in [6.07, 6.45) is 1.70. The summed E-state index contributed by atoms with van der Waals surface area (Å²) in [6.45, 7) is 0. The molecule has 0 amide bonds. The van der Waals surface area contributed by atoms with Crippen molar-refractivity contribution in [1.29, 1.82) is 5.26 Å². The van der Waals surface area contributed by atoms with Crippen LogP contribution < -0.4 is 5.73 Å². The molecule has 4 heteroatoms. The van der Waals surface area contributed by atoms with Crippen LogP contribution >= 0.6 is 23.2 Å². The highest BCUT2D eigenvalue weighted by Crippen LogP contribution is 2.51. The maximum Gasteiger partial charge on any atom is 0.0838 e. The van der Waals surface area contributed by atoms with E-state index >= 15 is 0 Å². The van der Waals surface area contributed by atoms with E-state index in [4.69, 9.17) is 34.2 Å². The zero-order chi connectivity index (χ0) is 10.3. The number of hydrogen-bond donors (Lipinski definition) is 1. The minimum atomic E-state index is -0.408. The standard InChI is InChI=1S/C10H8Cl2N2/c11-8-6(10(5-13)3-4-10)1-2-7(14)9(8)12/h1-2H,3-4,14H2. The first kappa shape index (κ1) is 9.64. The van der Waals surface area contributed by atoms with Crippen LogP contribution in [0.2, 0.25) is 10.0 Å². The molecule has 72 valence electrons. The number of rotatable bonds is 1. The zero-order valence-electron chi connectivity index (χ0n) is 7.35. The van der Waals surface area contributed by atoms with Crippen molar-refractivity contribution in [3.63, 3.8) is 0 Å². The quantitative estimate of drug-likeness (QED) is 0.749. The fraction of sp³-hybridized carbons (Fsp3) is 0.300. The molecule has 2 nitrogen and oxygen atoms in total. The summed E-state index contributed by atoms with van der Waals surface area (Å²) in [5.74, 6) is 0. The van der Waals surface area contributed by atoms with Crippen LogP contribution in [0.15, 0.2) is 12.1 Å². The summed E-state index contributed by atoms with van der Waals surface area (Å²) in [5.41, 5.74) is 6.45. The molecule has 0 aliphatic heterocycles. The van der Waals surface area contributed by atoms with E-state index in [2.05, 4.69) is 6.07 Å². The maximum absolute atomic E-state index is 9.01. The van der Waals surface area contributed by atoms with Gasteiger partial charge in [0.2, 0.25) is 0 Å². The smallest absolute Gasteiger partial charge is 0.0838 e. The number of anilines is 1. The van der Waals surface area contributed by atoms with Gasteiger partial charge in [-0.25, -0.2) is 0 Å². The second kappa shape index (κ2) is 3.05. The van der Waals surface area contributed by atoms with E-state index in [0.29, 0.717) is 15.7 Å². The Labute approximate surface area is 92.2 Å². The minimum Gasteiger partial charge on any atom is -0.397 e. The third-order valence-corrected chi connectivity index (χ3v) is 3.49. The first-order chi connectivity index (χ1) is 6.60. The van der Waals surface area contributed by atoms with Gasteiger partial charge in [-0.3, -0.25) is 0 Å². The topological polar surface area (TPSA) is 49.8 Å². The lowest BCUT2D eigenvalue weighted by molar-refractivity contribution is 0.909. The first-order valence-electron chi connectivity index (χ1n) is 4.26. The number of hydrogen-bond acceptors (Lipinski definition) is 2. The monoisotopic (exact) mass is 226 g/mol. The fourth-order valence-corrected chi connectivity index (χ4v) is 2.02. The Hall–Kier alpha value is -0.910. The molecule has 2 rings (SSSR count). The highest BCUT2D eigenvalue weighted by atomic mass is 35.5. The predicted molar refractivity (Wildman–Crippen MR) is 57.4 cm³/mol. The van der Waals surface area contributed by atoms with Crippen molar-refractivity contribution < 1.29 is 0 Å². The van der Waals surface area contributed by atoms with Gasteiger partial charge in [0, 0.05) is 0 Å². The Morgan fingerprint density at radius 3 is 2.43 bits per heavy atom. The second-order valence-corrected chi connectivity index (χ2v) is 4.28. The number of benzene rings is 1. The Bertz CT molecular complexity index is 430. The summed E-state index contributed by atoms with van der Waals surface area (Å²) in [5, 5.41) is 9.79. The summed E-state index contributed by atoms with van der Waals surface area (Å²) in [4.78, 5) is 0. The molecular weight excluding hydrogens is 219 g/mol. The van der Waals surface area contributed by atoms with E-state index < -0.39 is 5.41 Å². The van der Waals surface area contributed by atoms with Gasteiger partial charge in [0.1, 0.15) is 0 Å². The summed E-state index contributed by atoms with van der Waals surface area (Å²) >= 11 is 11.9. The van der Waals surface area contributed by atoms with Crippen LogP contribution in [-0.2, 0) is 5.41 Å². The Morgan fingerprint density at radius 2 is 1.93 bits per heavy atom. The van der Waals surface area contributed by atoms with Gasteiger partial charge in [0.25, 0.3) is 0 Å². The average molecular weight is 227 g/mol. The third-order valence-electron chi connectivity index (χ3n) is 2.59. The van der Waals surface area contributed by atoms with E-state index in [1.54, 1.807) is 12.1 Å². The summed E-state index contributed by atoms with van der Waals surface area (Å²) in [6, 6.07) is 5.76. The molecule has 2 N–H and O–H groups in total. The van der Waals surface area contributed by atoms with Crippen LogP contribution in [0.25, 0.3) is 0 Å². The first-order valence-corrected chi connectivity index (χ1v) is 5.01. The van der Waals surface area contributed by atoms with Gasteiger partial charge in [-0.15, -0.1) is 0 Å². The van der Waals surface area contributed by atoms with Crippen molar-refractivity contribution in [1.82, 2.24) is 0 Å². The van der Waals surface area contributed by atoms with Gasteiger partial charge < -0.3 is 5.73 Å². The number of nitrogen functional groups attached to an aromatic ring is 1. The van der Waals surface area contributed by atoms with Gasteiger partial charge in [-0.1, -0.05) is 29.3 Å². The molecule has 1 aliphatic rings. The van der Waals surface area contributed by atoms with Crippen LogP contribution in [0.4, 0.5) is 5.69 Å². The van der Waals surface area contributed by atoms with Crippen LogP contribution in [0, 0.1) is 11.3 Å². The fourth-order valence-electron chi connectivity index (χ4n) is 1.50. The van der Waals surface area contributed by atoms with Gasteiger partial charge >= 0.3 is 0 Å². The summed E-state index contributed by atoms with van der Waals surface area (Å²) in [7, 11) is 0. The highest BCUT2D eigenvalue weighted by molar-refractivity contribution is 6.44. The van der Waals surface area contributed by atoms with Gasteiger partial charge in [-0.2, -0.15) is 5.26 Å². The van der Waals surface area contributed by atoms with Crippen LogP contribution in [-0.4, -0.2) is 0 Å². The molecule has 0 radical (unpaired) electrons. The van der Waals surface area contributed by atoms with E-state index in [0.717, 1.165) is 18.4 Å². The Morgan fingerprint density at radius 1 is 1.29 bits per heavy atom.